The Bertz CT molecular complexity index is 530. The van der Waals surface area contributed by atoms with Gasteiger partial charge in [0.05, 0.1) is 5.02 Å². The first kappa shape index (κ1) is 14.3. The van der Waals surface area contributed by atoms with Crippen molar-refractivity contribution in [1.82, 2.24) is 4.31 Å². The summed E-state index contributed by atoms with van der Waals surface area (Å²) in [4.78, 5) is 0.143. The summed E-state index contributed by atoms with van der Waals surface area (Å²) in [5.74, 6) is 0.237. The molecule has 2 N–H and O–H groups in total. The van der Waals surface area contributed by atoms with Crippen molar-refractivity contribution in [2.24, 2.45) is 11.7 Å². The Morgan fingerprint density at radius 1 is 1.50 bits per heavy atom. The van der Waals surface area contributed by atoms with Crippen LogP contribution in [0.1, 0.15) is 6.42 Å². The molecule has 1 heterocycles. The maximum atomic E-state index is 12.5. The van der Waals surface area contributed by atoms with Crippen LogP contribution in [0.3, 0.4) is 0 Å². The smallest absolute Gasteiger partial charge is 0.245 e. The van der Waals surface area contributed by atoms with Crippen molar-refractivity contribution >= 4 is 37.6 Å². The highest BCUT2D eigenvalue weighted by Crippen LogP contribution is 2.33. The molecule has 0 radical (unpaired) electrons. The van der Waals surface area contributed by atoms with E-state index in [-0.39, 0.29) is 15.8 Å². The van der Waals surface area contributed by atoms with Crippen molar-refractivity contribution in [2.45, 2.75) is 11.3 Å². The van der Waals surface area contributed by atoms with E-state index in [1.165, 1.54) is 4.31 Å². The first-order chi connectivity index (χ1) is 8.46. The second-order valence-electron chi connectivity index (χ2n) is 4.30. The summed E-state index contributed by atoms with van der Waals surface area (Å²) in [6.45, 7) is 1.48. The minimum absolute atomic E-state index is 0.143. The molecule has 0 spiro atoms. The highest BCUT2D eigenvalue weighted by atomic mass is 79.9. The zero-order valence-electron chi connectivity index (χ0n) is 9.64. The van der Waals surface area contributed by atoms with Gasteiger partial charge in [-0.15, -0.1) is 0 Å². The fourth-order valence-electron chi connectivity index (χ4n) is 2.07. The number of benzene rings is 1. The van der Waals surface area contributed by atoms with Gasteiger partial charge in [0, 0.05) is 17.6 Å². The summed E-state index contributed by atoms with van der Waals surface area (Å²) in [5, 5.41) is 0.237. The quantitative estimate of drug-likeness (QED) is 0.905. The molecular formula is C11H14BrClN2O2S. The molecule has 0 aliphatic carbocycles. The summed E-state index contributed by atoms with van der Waals surface area (Å²) < 4.78 is 27.0. The maximum Gasteiger partial charge on any atom is 0.245 e. The van der Waals surface area contributed by atoms with Crippen LogP contribution < -0.4 is 5.73 Å². The summed E-state index contributed by atoms with van der Waals surface area (Å²) in [5.41, 5.74) is 5.58. The monoisotopic (exact) mass is 352 g/mol. The maximum absolute atomic E-state index is 12.5. The van der Waals surface area contributed by atoms with E-state index >= 15 is 0 Å². The summed E-state index contributed by atoms with van der Waals surface area (Å²) in [6, 6.07) is 4.96. The summed E-state index contributed by atoms with van der Waals surface area (Å²) in [7, 11) is -3.54. The molecule has 7 heteroatoms. The van der Waals surface area contributed by atoms with Gasteiger partial charge in [0.2, 0.25) is 10.0 Å². The van der Waals surface area contributed by atoms with Crippen LogP contribution in [-0.2, 0) is 10.0 Å². The van der Waals surface area contributed by atoms with Gasteiger partial charge in [0.15, 0.2) is 0 Å². The lowest BCUT2D eigenvalue weighted by Crippen LogP contribution is -2.30. The molecule has 1 aliphatic rings. The van der Waals surface area contributed by atoms with E-state index in [9.17, 15) is 8.42 Å². The summed E-state index contributed by atoms with van der Waals surface area (Å²) in [6.07, 6.45) is 0.803. The molecule has 1 unspecified atom stereocenters. The zero-order valence-corrected chi connectivity index (χ0v) is 12.8. The minimum Gasteiger partial charge on any atom is -0.330 e. The van der Waals surface area contributed by atoms with E-state index in [4.69, 9.17) is 17.3 Å². The Morgan fingerprint density at radius 3 is 2.78 bits per heavy atom. The lowest BCUT2D eigenvalue weighted by molar-refractivity contribution is 0.459. The molecule has 0 aromatic heterocycles. The molecule has 18 heavy (non-hydrogen) atoms. The Hall–Kier alpha value is -0.140. The lowest BCUT2D eigenvalue weighted by atomic mass is 10.1. The van der Waals surface area contributed by atoms with Crippen LogP contribution in [0.2, 0.25) is 5.02 Å². The van der Waals surface area contributed by atoms with Crippen molar-refractivity contribution < 1.29 is 8.42 Å². The van der Waals surface area contributed by atoms with Crippen molar-refractivity contribution in [3.05, 3.63) is 27.7 Å². The van der Waals surface area contributed by atoms with Gasteiger partial charge >= 0.3 is 0 Å². The van der Waals surface area contributed by atoms with Gasteiger partial charge < -0.3 is 5.73 Å². The number of nitrogens with two attached hydrogens (primary N) is 1. The van der Waals surface area contributed by atoms with E-state index in [1.807, 2.05) is 0 Å². The van der Waals surface area contributed by atoms with Crippen LogP contribution in [0.25, 0.3) is 0 Å². The number of hydrogen-bond acceptors (Lipinski definition) is 3. The molecular weight excluding hydrogens is 340 g/mol. The third kappa shape index (κ3) is 2.58. The lowest BCUT2D eigenvalue weighted by Gasteiger charge is -2.18. The molecule has 0 saturated carbocycles. The van der Waals surface area contributed by atoms with Gasteiger partial charge in [-0.1, -0.05) is 17.7 Å². The minimum atomic E-state index is -3.54. The van der Waals surface area contributed by atoms with Crippen molar-refractivity contribution in [3.63, 3.8) is 0 Å². The molecule has 0 amide bonds. The normalized spacial score (nSPS) is 21.4. The number of rotatable bonds is 3. The van der Waals surface area contributed by atoms with Crippen molar-refractivity contribution in [3.8, 4) is 0 Å². The zero-order chi connectivity index (χ0) is 13.3. The van der Waals surface area contributed by atoms with E-state index in [0.717, 1.165) is 6.42 Å². The fraction of sp³-hybridized carbons (Fsp3) is 0.455. The number of halogens is 2. The van der Waals surface area contributed by atoms with Crippen LogP contribution in [0, 0.1) is 5.92 Å². The first-order valence-corrected chi connectivity index (χ1v) is 8.22. The topological polar surface area (TPSA) is 63.4 Å². The van der Waals surface area contributed by atoms with E-state index in [0.29, 0.717) is 24.1 Å². The van der Waals surface area contributed by atoms with Crippen LogP contribution in [0.4, 0.5) is 0 Å². The number of sulfonamides is 1. The van der Waals surface area contributed by atoms with E-state index in [1.54, 1.807) is 18.2 Å². The Labute approximate surface area is 120 Å². The second-order valence-corrected chi connectivity index (χ2v) is 7.44. The molecule has 0 bridgehead atoms. The molecule has 100 valence electrons. The van der Waals surface area contributed by atoms with Crippen LogP contribution >= 0.6 is 27.5 Å². The Kier molecular flexibility index (Phi) is 4.33. The van der Waals surface area contributed by atoms with Crippen molar-refractivity contribution in [2.75, 3.05) is 19.6 Å². The van der Waals surface area contributed by atoms with Gasteiger partial charge in [-0.2, -0.15) is 4.31 Å². The van der Waals surface area contributed by atoms with Gasteiger partial charge in [0.25, 0.3) is 0 Å². The van der Waals surface area contributed by atoms with E-state index < -0.39 is 10.0 Å². The van der Waals surface area contributed by atoms with Gasteiger partial charge in [-0.25, -0.2) is 8.42 Å². The fourth-order valence-corrected chi connectivity index (χ4v) is 5.27. The van der Waals surface area contributed by atoms with Gasteiger partial charge in [-0.3, -0.25) is 0 Å². The molecule has 1 aliphatic heterocycles. The SMILES string of the molecule is NCC1CCN(S(=O)(=O)c2c(Cl)cccc2Br)C1. The summed E-state index contributed by atoms with van der Waals surface area (Å²) >= 11 is 9.25. The van der Waals surface area contributed by atoms with Crippen molar-refractivity contribution in [1.29, 1.82) is 0 Å². The highest BCUT2D eigenvalue weighted by molar-refractivity contribution is 9.10. The second kappa shape index (κ2) is 5.46. The third-order valence-corrected chi connectivity index (χ3v) is 6.42. The molecule has 1 atom stereocenters. The highest BCUT2D eigenvalue weighted by Gasteiger charge is 2.34. The van der Waals surface area contributed by atoms with Crippen LogP contribution in [-0.4, -0.2) is 32.4 Å². The van der Waals surface area contributed by atoms with Gasteiger partial charge in [-0.05, 0) is 46.9 Å². The molecule has 1 aromatic carbocycles. The van der Waals surface area contributed by atoms with Crippen LogP contribution in [0.15, 0.2) is 27.6 Å². The number of hydrogen-bond donors (Lipinski definition) is 1. The third-order valence-electron chi connectivity index (χ3n) is 3.10. The van der Waals surface area contributed by atoms with Gasteiger partial charge in [0.1, 0.15) is 4.90 Å². The molecule has 4 nitrogen and oxygen atoms in total. The largest absolute Gasteiger partial charge is 0.330 e. The molecule has 1 fully saturated rings. The van der Waals surface area contributed by atoms with Crippen LogP contribution in [0.5, 0.6) is 0 Å². The predicted molar refractivity (Wildman–Crippen MR) is 75.1 cm³/mol. The predicted octanol–water partition coefficient (Wildman–Crippen LogP) is 2.07. The average Bonchev–Trinajstić information content (AvgIpc) is 2.77. The molecule has 1 aromatic rings. The number of nitrogens with zero attached hydrogens (tertiary/aromatic N) is 1. The Morgan fingerprint density at radius 2 is 2.22 bits per heavy atom. The molecule has 2 rings (SSSR count). The average molecular weight is 354 g/mol. The first-order valence-electron chi connectivity index (χ1n) is 5.61. The molecule has 1 saturated heterocycles. The Balaban J connectivity index is 2.38. The standard InChI is InChI=1S/C11H14BrClN2O2S/c12-9-2-1-3-10(13)11(9)18(16,17)15-5-4-8(6-14)7-15/h1-3,8H,4-7,14H2. The van der Waals surface area contributed by atoms with E-state index in [2.05, 4.69) is 15.9 Å².